The van der Waals surface area contributed by atoms with Gasteiger partial charge in [-0.05, 0) is 49.5 Å². The first kappa shape index (κ1) is 26.6. The van der Waals surface area contributed by atoms with Crippen molar-refractivity contribution in [2.24, 2.45) is 5.92 Å². The Hall–Kier alpha value is -2.46. The molecule has 0 aromatic heterocycles. The summed E-state index contributed by atoms with van der Waals surface area (Å²) in [6, 6.07) is 3.25. The van der Waals surface area contributed by atoms with Crippen LogP contribution in [-0.4, -0.2) is 52.7 Å². The Kier molecular flexibility index (Phi) is 10.6. The van der Waals surface area contributed by atoms with Gasteiger partial charge in [0.25, 0.3) is 0 Å². The molecule has 1 aliphatic rings. The van der Waals surface area contributed by atoms with E-state index in [9.17, 15) is 27.2 Å². The fourth-order valence-corrected chi connectivity index (χ4v) is 3.30. The molecule has 10 heteroatoms. The summed E-state index contributed by atoms with van der Waals surface area (Å²) in [5.74, 6) is -3.00. The summed E-state index contributed by atoms with van der Waals surface area (Å²) in [6.07, 6.45) is -1.57. The smallest absolute Gasteiger partial charge is 0.416 e. The Labute approximate surface area is 178 Å². The van der Waals surface area contributed by atoms with E-state index in [1.54, 1.807) is 0 Å². The number of carbonyl (C=O) groups is 2. The van der Waals surface area contributed by atoms with Crippen molar-refractivity contribution in [3.8, 4) is 0 Å². The molecule has 6 nitrogen and oxygen atoms in total. The number of aliphatic carboxylic acids is 2. The van der Waals surface area contributed by atoms with Crippen LogP contribution in [0, 0.1) is 11.7 Å². The van der Waals surface area contributed by atoms with Gasteiger partial charge in [-0.1, -0.05) is 19.9 Å². The van der Waals surface area contributed by atoms with Gasteiger partial charge in [-0.15, -0.1) is 0 Å². The SMILES string of the molecule is CC(C)CN(Cc1ccc(F)cc1C(F)(F)F)C1CCNCC1.O=C(O)C=CC(=O)O. The monoisotopic (exact) mass is 448 g/mol. The first-order valence-electron chi connectivity index (χ1n) is 9.84. The molecule has 0 amide bonds. The normalized spacial score (nSPS) is 15.2. The van der Waals surface area contributed by atoms with Crippen LogP contribution in [0.5, 0.6) is 0 Å². The number of nitrogens with one attached hydrogen (secondary N) is 1. The predicted molar refractivity (Wildman–Crippen MR) is 107 cm³/mol. The number of halogens is 4. The van der Waals surface area contributed by atoms with Crippen molar-refractivity contribution >= 4 is 11.9 Å². The van der Waals surface area contributed by atoms with Crippen LogP contribution in [0.15, 0.2) is 30.4 Å². The van der Waals surface area contributed by atoms with E-state index in [1.807, 2.05) is 0 Å². The molecule has 0 atom stereocenters. The maximum Gasteiger partial charge on any atom is 0.416 e. The number of hydrogen-bond donors (Lipinski definition) is 3. The lowest BCUT2D eigenvalue weighted by Gasteiger charge is -2.36. The summed E-state index contributed by atoms with van der Waals surface area (Å²) in [4.78, 5) is 21.2. The Morgan fingerprint density at radius 2 is 1.71 bits per heavy atom. The van der Waals surface area contributed by atoms with Crippen LogP contribution in [-0.2, 0) is 22.3 Å². The van der Waals surface area contributed by atoms with Crippen LogP contribution < -0.4 is 5.32 Å². The van der Waals surface area contributed by atoms with Gasteiger partial charge in [0.05, 0.1) is 5.56 Å². The number of carboxylic acids is 2. The summed E-state index contributed by atoms with van der Waals surface area (Å²) in [7, 11) is 0. The zero-order valence-electron chi connectivity index (χ0n) is 17.5. The lowest BCUT2D eigenvalue weighted by molar-refractivity contribution is -0.138. The lowest BCUT2D eigenvalue weighted by atomic mass is 10.00. The maximum absolute atomic E-state index is 13.3. The fraction of sp³-hybridized carbons (Fsp3) is 0.524. The predicted octanol–water partition coefficient (Wildman–Crippen LogP) is 3.77. The average Bonchev–Trinajstić information content (AvgIpc) is 2.67. The van der Waals surface area contributed by atoms with Gasteiger partial charge in [0.2, 0.25) is 0 Å². The summed E-state index contributed by atoms with van der Waals surface area (Å²) >= 11 is 0. The van der Waals surface area contributed by atoms with Gasteiger partial charge in [0.1, 0.15) is 5.82 Å². The van der Waals surface area contributed by atoms with Crippen molar-refractivity contribution in [3.05, 3.63) is 47.3 Å². The zero-order valence-corrected chi connectivity index (χ0v) is 17.5. The van der Waals surface area contributed by atoms with Crippen LogP contribution in [0.4, 0.5) is 17.6 Å². The van der Waals surface area contributed by atoms with Gasteiger partial charge in [-0.25, -0.2) is 14.0 Å². The van der Waals surface area contributed by atoms with Gasteiger partial charge in [-0.3, -0.25) is 4.90 Å². The van der Waals surface area contributed by atoms with Crippen LogP contribution in [0.2, 0.25) is 0 Å². The third-order valence-electron chi connectivity index (χ3n) is 4.54. The van der Waals surface area contributed by atoms with E-state index in [1.165, 1.54) is 6.07 Å². The second-order valence-electron chi connectivity index (χ2n) is 7.61. The molecule has 0 saturated carbocycles. The Bertz CT molecular complexity index is 744. The van der Waals surface area contributed by atoms with Gasteiger partial charge >= 0.3 is 18.1 Å². The fourth-order valence-electron chi connectivity index (χ4n) is 3.30. The first-order chi connectivity index (χ1) is 14.4. The molecule has 1 heterocycles. The molecule has 0 radical (unpaired) electrons. The number of piperidine rings is 1. The van der Waals surface area contributed by atoms with Crippen molar-refractivity contribution in [1.29, 1.82) is 0 Å². The zero-order chi connectivity index (χ0) is 23.6. The van der Waals surface area contributed by atoms with Gasteiger partial charge in [0.15, 0.2) is 0 Å². The molecule has 0 spiro atoms. The highest BCUT2D eigenvalue weighted by Gasteiger charge is 2.34. The van der Waals surface area contributed by atoms with Crippen molar-refractivity contribution in [3.63, 3.8) is 0 Å². The summed E-state index contributed by atoms with van der Waals surface area (Å²) in [5, 5.41) is 18.9. The largest absolute Gasteiger partial charge is 0.478 e. The van der Waals surface area contributed by atoms with Crippen LogP contribution >= 0.6 is 0 Å². The number of rotatable bonds is 7. The van der Waals surface area contributed by atoms with Crippen molar-refractivity contribution in [2.45, 2.75) is 45.5 Å². The van der Waals surface area contributed by atoms with E-state index >= 15 is 0 Å². The molecule has 0 aliphatic carbocycles. The van der Waals surface area contributed by atoms with E-state index < -0.39 is 29.5 Å². The minimum atomic E-state index is -4.53. The molecule has 1 aromatic carbocycles. The molecule has 2 rings (SSSR count). The van der Waals surface area contributed by atoms with Crippen molar-refractivity contribution in [1.82, 2.24) is 10.2 Å². The Balaban J connectivity index is 0.000000512. The van der Waals surface area contributed by atoms with E-state index in [-0.39, 0.29) is 18.2 Å². The molecule has 0 bridgehead atoms. The Morgan fingerprint density at radius 1 is 1.16 bits per heavy atom. The highest BCUT2D eigenvalue weighted by atomic mass is 19.4. The third-order valence-corrected chi connectivity index (χ3v) is 4.54. The van der Waals surface area contributed by atoms with E-state index in [0.29, 0.717) is 24.1 Å². The molecular formula is C21H28F4N2O4. The maximum atomic E-state index is 13.3. The van der Waals surface area contributed by atoms with Crippen LogP contribution in [0.25, 0.3) is 0 Å². The molecule has 1 fully saturated rings. The molecular weight excluding hydrogens is 420 g/mol. The first-order valence-corrected chi connectivity index (χ1v) is 9.84. The Morgan fingerprint density at radius 3 is 2.16 bits per heavy atom. The van der Waals surface area contributed by atoms with Gasteiger partial charge in [-0.2, -0.15) is 13.2 Å². The summed E-state index contributed by atoms with van der Waals surface area (Å²) < 4.78 is 52.8. The molecule has 1 saturated heterocycles. The minimum Gasteiger partial charge on any atom is -0.478 e. The summed E-state index contributed by atoms with van der Waals surface area (Å²) in [5.41, 5.74) is -0.710. The number of benzene rings is 1. The molecule has 3 N–H and O–H groups in total. The van der Waals surface area contributed by atoms with E-state index in [4.69, 9.17) is 10.2 Å². The lowest BCUT2D eigenvalue weighted by Crippen LogP contribution is -2.44. The quantitative estimate of drug-likeness (QED) is 0.435. The molecule has 174 valence electrons. The summed E-state index contributed by atoms with van der Waals surface area (Å²) in [6.45, 7) is 6.83. The number of nitrogens with zero attached hydrogens (tertiary/aromatic N) is 1. The van der Waals surface area contributed by atoms with E-state index in [0.717, 1.165) is 38.5 Å². The number of carboxylic acid groups (broad SMARTS) is 2. The van der Waals surface area contributed by atoms with Crippen molar-refractivity contribution < 1.29 is 37.4 Å². The highest BCUT2D eigenvalue weighted by molar-refractivity contribution is 5.89. The number of alkyl halides is 3. The minimum absolute atomic E-state index is 0.151. The molecule has 1 aromatic rings. The average molecular weight is 448 g/mol. The standard InChI is InChI=1S/C17H24F4N2.C4H4O4/c1-12(2)10-23(15-5-7-22-8-6-15)11-13-3-4-14(18)9-16(13)17(19,20)21;5-3(6)1-2-4(7)8/h3-4,9,12,15,22H,5-8,10-11H2,1-2H3;1-2H,(H,5,6)(H,7,8). The van der Waals surface area contributed by atoms with Crippen LogP contribution in [0.3, 0.4) is 0 Å². The highest BCUT2D eigenvalue weighted by Crippen LogP contribution is 2.33. The van der Waals surface area contributed by atoms with Gasteiger partial charge < -0.3 is 15.5 Å². The third kappa shape index (κ3) is 10.4. The second-order valence-corrected chi connectivity index (χ2v) is 7.61. The van der Waals surface area contributed by atoms with Gasteiger partial charge in [0, 0.05) is 31.3 Å². The van der Waals surface area contributed by atoms with E-state index in [2.05, 4.69) is 24.1 Å². The molecule has 1 aliphatic heterocycles. The van der Waals surface area contributed by atoms with Crippen LogP contribution in [0.1, 0.15) is 37.8 Å². The molecule has 0 unspecified atom stereocenters. The van der Waals surface area contributed by atoms with Crippen molar-refractivity contribution in [2.75, 3.05) is 19.6 Å². The number of hydrogen-bond acceptors (Lipinski definition) is 4. The molecule has 31 heavy (non-hydrogen) atoms. The second kappa shape index (κ2) is 12.4. The topological polar surface area (TPSA) is 89.9 Å².